The van der Waals surface area contributed by atoms with Crippen LogP contribution in [0.5, 0.6) is 0 Å². The normalized spacial score (nSPS) is 23.5. The minimum Gasteiger partial charge on any atom is -0.444 e. The highest BCUT2D eigenvalue weighted by Crippen LogP contribution is 2.35. The lowest BCUT2D eigenvalue weighted by molar-refractivity contribution is -0.0163. The Morgan fingerprint density at radius 3 is 2.82 bits per heavy atom. The van der Waals surface area contributed by atoms with Gasteiger partial charge in [0.25, 0.3) is 0 Å². The number of carbonyl (C=O) groups is 1. The summed E-state index contributed by atoms with van der Waals surface area (Å²) in [5, 5.41) is 8.97. The van der Waals surface area contributed by atoms with Gasteiger partial charge in [0.15, 0.2) is 0 Å². The molecule has 2 aliphatic heterocycles. The van der Waals surface area contributed by atoms with Crippen molar-refractivity contribution in [1.29, 1.82) is 5.26 Å². The van der Waals surface area contributed by atoms with E-state index < -0.39 is 5.60 Å². The fraction of sp³-hybridized carbons (Fsp3) is 0.562. The number of carbonyl (C=O) groups excluding carboxylic acids is 1. The van der Waals surface area contributed by atoms with E-state index in [4.69, 9.17) is 10.00 Å². The zero-order valence-corrected chi connectivity index (χ0v) is 13.1. The van der Waals surface area contributed by atoms with E-state index in [1.54, 1.807) is 17.3 Å². The topological polar surface area (TPSA) is 69.5 Å². The maximum atomic E-state index is 12.2. The first kappa shape index (κ1) is 14.6. The van der Waals surface area contributed by atoms with Crippen molar-refractivity contribution in [2.75, 3.05) is 24.5 Å². The molecule has 0 aliphatic carbocycles. The molecule has 0 saturated carbocycles. The predicted octanol–water partition coefficient (Wildman–Crippen LogP) is 2.01. The second-order valence-corrected chi connectivity index (χ2v) is 6.91. The second-order valence-electron chi connectivity index (χ2n) is 6.91. The smallest absolute Gasteiger partial charge is 0.410 e. The van der Waals surface area contributed by atoms with Crippen molar-refractivity contribution in [2.45, 2.75) is 32.4 Å². The maximum Gasteiger partial charge on any atom is 0.410 e. The van der Waals surface area contributed by atoms with Gasteiger partial charge in [-0.3, -0.25) is 4.98 Å². The van der Waals surface area contributed by atoms with E-state index in [-0.39, 0.29) is 12.1 Å². The number of likely N-dealkylation sites (tertiary alicyclic amines) is 1. The average molecular weight is 300 g/mol. The van der Waals surface area contributed by atoms with Gasteiger partial charge in [0, 0.05) is 31.7 Å². The number of anilines is 1. The summed E-state index contributed by atoms with van der Waals surface area (Å²) in [6.07, 6.45) is 3.09. The first-order chi connectivity index (χ1) is 10.4. The van der Waals surface area contributed by atoms with Crippen LogP contribution in [0.25, 0.3) is 0 Å². The summed E-state index contributed by atoms with van der Waals surface area (Å²) >= 11 is 0. The van der Waals surface area contributed by atoms with Crippen molar-refractivity contribution in [2.24, 2.45) is 5.92 Å². The zero-order valence-electron chi connectivity index (χ0n) is 13.1. The molecule has 3 rings (SSSR count). The Labute approximate surface area is 130 Å². The van der Waals surface area contributed by atoms with Gasteiger partial charge < -0.3 is 14.5 Å². The van der Waals surface area contributed by atoms with Gasteiger partial charge in [0.05, 0.1) is 23.5 Å². The number of amides is 1. The minimum atomic E-state index is -0.467. The van der Waals surface area contributed by atoms with Gasteiger partial charge in [-0.05, 0) is 26.8 Å². The summed E-state index contributed by atoms with van der Waals surface area (Å²) in [5.41, 5.74) is 1.03. The highest BCUT2D eigenvalue weighted by Gasteiger charge is 2.49. The number of ether oxygens (including phenoxy) is 1. The van der Waals surface area contributed by atoms with Crippen LogP contribution in [0.2, 0.25) is 0 Å². The van der Waals surface area contributed by atoms with Crippen LogP contribution >= 0.6 is 0 Å². The van der Waals surface area contributed by atoms with Crippen LogP contribution < -0.4 is 4.90 Å². The fourth-order valence-electron chi connectivity index (χ4n) is 3.04. The zero-order chi connectivity index (χ0) is 15.9. The van der Waals surface area contributed by atoms with Crippen LogP contribution in [0.1, 0.15) is 26.3 Å². The quantitative estimate of drug-likeness (QED) is 0.793. The van der Waals surface area contributed by atoms with Crippen LogP contribution in [-0.2, 0) is 4.74 Å². The molecule has 1 aromatic rings. The lowest BCUT2D eigenvalue weighted by atomic mass is 9.93. The number of hydrogen-bond donors (Lipinski definition) is 0. The van der Waals surface area contributed by atoms with Gasteiger partial charge in [0.2, 0.25) is 0 Å². The molecule has 22 heavy (non-hydrogen) atoms. The molecular weight excluding hydrogens is 280 g/mol. The number of hydrogen-bond acceptors (Lipinski definition) is 5. The van der Waals surface area contributed by atoms with E-state index in [2.05, 4.69) is 16.0 Å². The Hall–Kier alpha value is -2.29. The fourth-order valence-corrected chi connectivity index (χ4v) is 3.04. The lowest BCUT2D eigenvalue weighted by Gasteiger charge is -2.43. The Morgan fingerprint density at radius 1 is 1.36 bits per heavy atom. The third-order valence-corrected chi connectivity index (χ3v) is 4.08. The van der Waals surface area contributed by atoms with Crippen LogP contribution in [0.4, 0.5) is 10.5 Å². The molecule has 3 heterocycles. The van der Waals surface area contributed by atoms with E-state index in [0.717, 1.165) is 25.3 Å². The highest BCUT2D eigenvalue weighted by molar-refractivity contribution is 5.70. The van der Waals surface area contributed by atoms with E-state index in [0.29, 0.717) is 11.5 Å². The summed E-state index contributed by atoms with van der Waals surface area (Å²) in [4.78, 5) is 20.3. The van der Waals surface area contributed by atoms with Gasteiger partial charge >= 0.3 is 6.09 Å². The van der Waals surface area contributed by atoms with Crippen molar-refractivity contribution in [3.8, 4) is 6.07 Å². The van der Waals surface area contributed by atoms with Gasteiger partial charge in [-0.1, -0.05) is 0 Å². The summed E-state index contributed by atoms with van der Waals surface area (Å²) in [6.45, 7) is 8.02. The van der Waals surface area contributed by atoms with Crippen LogP contribution in [-0.4, -0.2) is 47.3 Å². The predicted molar refractivity (Wildman–Crippen MR) is 81.4 cm³/mol. The third kappa shape index (κ3) is 2.71. The molecule has 2 fully saturated rings. The van der Waals surface area contributed by atoms with E-state index in [9.17, 15) is 4.79 Å². The molecule has 6 nitrogen and oxygen atoms in total. The first-order valence-electron chi connectivity index (χ1n) is 7.47. The number of nitrogens with zero attached hydrogens (tertiary/aromatic N) is 4. The standard InChI is InChI=1S/C16H20N4O2/c1-16(2,3)22-15(21)20-9-12-8-19(10-14(12)20)13-4-11(5-17)6-18-7-13/h4,6-7,12,14H,8-10H2,1-3H3/t12-,14-/m0/s1. The molecular formula is C16H20N4O2. The lowest BCUT2D eigenvalue weighted by Crippen LogP contribution is -2.59. The number of fused-ring (bicyclic) bond motifs is 1. The molecule has 1 aromatic heterocycles. The number of rotatable bonds is 1. The minimum absolute atomic E-state index is 0.195. The first-order valence-corrected chi connectivity index (χ1v) is 7.47. The number of aromatic nitrogens is 1. The highest BCUT2D eigenvalue weighted by atomic mass is 16.6. The molecule has 2 aliphatic rings. The Bertz CT molecular complexity index is 632. The van der Waals surface area contributed by atoms with E-state index in [1.165, 1.54) is 0 Å². The summed E-state index contributed by atoms with van der Waals surface area (Å²) in [7, 11) is 0. The van der Waals surface area contributed by atoms with Crippen LogP contribution in [0.3, 0.4) is 0 Å². The van der Waals surface area contributed by atoms with Gasteiger partial charge in [0.1, 0.15) is 11.7 Å². The summed E-state index contributed by atoms with van der Waals surface area (Å²) in [5.74, 6) is 0.471. The average Bonchev–Trinajstić information content (AvgIpc) is 2.74. The summed E-state index contributed by atoms with van der Waals surface area (Å²) in [6, 6.07) is 4.15. The van der Waals surface area contributed by atoms with Crippen LogP contribution in [0.15, 0.2) is 18.5 Å². The van der Waals surface area contributed by atoms with Gasteiger partial charge in [-0.15, -0.1) is 0 Å². The van der Waals surface area contributed by atoms with E-state index >= 15 is 0 Å². The molecule has 1 amide bonds. The Kier molecular flexibility index (Phi) is 3.44. The monoisotopic (exact) mass is 300 g/mol. The van der Waals surface area contributed by atoms with E-state index in [1.807, 2.05) is 26.8 Å². The molecule has 116 valence electrons. The maximum absolute atomic E-state index is 12.2. The van der Waals surface area contributed by atoms with Crippen molar-refractivity contribution in [3.05, 3.63) is 24.0 Å². The van der Waals surface area contributed by atoms with Crippen molar-refractivity contribution >= 4 is 11.8 Å². The molecule has 6 heteroatoms. The van der Waals surface area contributed by atoms with Gasteiger partial charge in [-0.25, -0.2) is 4.79 Å². The Balaban J connectivity index is 1.66. The summed E-state index contributed by atoms with van der Waals surface area (Å²) < 4.78 is 5.44. The second kappa shape index (κ2) is 5.16. The van der Waals surface area contributed by atoms with Gasteiger partial charge in [-0.2, -0.15) is 5.26 Å². The van der Waals surface area contributed by atoms with Crippen LogP contribution in [0, 0.1) is 17.2 Å². The number of nitriles is 1. The molecule has 0 bridgehead atoms. The molecule has 0 spiro atoms. The third-order valence-electron chi connectivity index (χ3n) is 4.08. The van der Waals surface area contributed by atoms with Crippen molar-refractivity contribution in [3.63, 3.8) is 0 Å². The Morgan fingerprint density at radius 2 is 2.14 bits per heavy atom. The molecule has 0 unspecified atom stereocenters. The molecule has 0 radical (unpaired) electrons. The number of pyridine rings is 1. The molecule has 0 aromatic carbocycles. The molecule has 0 N–H and O–H groups in total. The molecule has 2 atom stereocenters. The van der Waals surface area contributed by atoms with Crippen molar-refractivity contribution in [1.82, 2.24) is 9.88 Å². The largest absolute Gasteiger partial charge is 0.444 e. The molecule has 2 saturated heterocycles. The van der Waals surface area contributed by atoms with Crippen molar-refractivity contribution < 1.29 is 9.53 Å². The SMILES string of the molecule is CC(C)(C)OC(=O)N1C[C@@H]2CN(c3cncc(C#N)c3)C[C@@H]21.